The van der Waals surface area contributed by atoms with Crippen LogP contribution in [0.15, 0.2) is 194 Å². The molecule has 0 radical (unpaired) electrons. The molecule has 0 unspecified atom stereocenters. The summed E-state index contributed by atoms with van der Waals surface area (Å²) in [6.45, 7) is 4.62. The van der Waals surface area contributed by atoms with E-state index in [1.807, 2.05) is 24.5 Å². The number of hydrogen-bond acceptors (Lipinski definition) is 2. The molecule has 0 atom stereocenters. The number of para-hydroxylation sites is 2. The van der Waals surface area contributed by atoms with E-state index in [2.05, 4.69) is 193 Å². The van der Waals surface area contributed by atoms with E-state index in [1.54, 1.807) is 23.3 Å². The van der Waals surface area contributed by atoms with Crippen LogP contribution in [0.25, 0.3) is 87.9 Å². The molecule has 0 saturated heterocycles. The number of pyridine rings is 2. The molecule has 10 rings (SSSR count). The zero-order chi connectivity index (χ0) is 36.9. The van der Waals surface area contributed by atoms with E-state index in [0.717, 1.165) is 11.0 Å². The average Bonchev–Trinajstić information content (AvgIpc) is 3.85. The van der Waals surface area contributed by atoms with Crippen LogP contribution in [0.3, 0.4) is 0 Å². The smallest absolute Gasteiger partial charge is 0.0773 e. The van der Waals surface area contributed by atoms with Gasteiger partial charge in [-0.3, -0.25) is 9.97 Å². The van der Waals surface area contributed by atoms with E-state index in [0.29, 0.717) is 0 Å². The monoisotopic (exact) mass is 854 g/mol. The summed E-state index contributed by atoms with van der Waals surface area (Å²) in [4.78, 5) is 9.18. The van der Waals surface area contributed by atoms with Gasteiger partial charge in [0.1, 0.15) is 0 Å². The number of aromatic nitrogens is 2. The second-order valence-electron chi connectivity index (χ2n) is 13.7. The molecule has 0 amide bonds. The molecule has 0 N–H and O–H groups in total. The number of rotatable bonds is 4. The number of halogens is 2. The number of nitrogens with zero attached hydrogens (tertiary/aromatic N) is 2. The van der Waals surface area contributed by atoms with Crippen LogP contribution in [-0.4, -0.2) is 15.4 Å². The summed E-state index contributed by atoms with van der Waals surface area (Å²) >= 11 is 1.74. The molecular weight excluding hydrogens is 819 g/mol. The Bertz CT molecular complexity index is 2670. The van der Waals surface area contributed by atoms with Crippen molar-refractivity contribution in [3.05, 3.63) is 194 Å². The average molecular weight is 857 g/mol. The molecule has 0 saturated carbocycles. The van der Waals surface area contributed by atoms with Crippen molar-refractivity contribution in [1.82, 2.24) is 9.97 Å². The van der Waals surface area contributed by atoms with Crippen LogP contribution in [0.1, 0.15) is 0 Å². The molecule has 272 valence electrons. The number of fused-ring (bicyclic) bond motifs is 4. The Morgan fingerprint density at radius 1 is 0.411 bits per heavy atom. The normalized spacial score (nSPS) is 10.5. The van der Waals surface area contributed by atoms with Crippen LogP contribution in [0.4, 0.5) is 0 Å². The van der Waals surface area contributed by atoms with Crippen molar-refractivity contribution in [2.24, 2.45) is 0 Å². The minimum absolute atomic E-state index is 0. The Balaban J connectivity index is 0.000000168. The molecule has 2 nitrogen and oxygen atoms in total. The van der Waals surface area contributed by atoms with Gasteiger partial charge in [-0.2, -0.15) is 0 Å². The van der Waals surface area contributed by atoms with Crippen molar-refractivity contribution in [3.63, 3.8) is 0 Å². The van der Waals surface area contributed by atoms with Crippen LogP contribution in [0.2, 0.25) is 13.1 Å². The summed E-state index contributed by atoms with van der Waals surface area (Å²) < 4.78 is 0. The van der Waals surface area contributed by atoms with E-state index in [-0.39, 0.29) is 30.2 Å². The molecule has 0 aliphatic carbocycles. The van der Waals surface area contributed by atoms with Gasteiger partial charge in [0.2, 0.25) is 0 Å². The van der Waals surface area contributed by atoms with Gasteiger partial charge in [0.05, 0.1) is 11.0 Å². The third kappa shape index (κ3) is 9.18. The van der Waals surface area contributed by atoms with Crippen molar-refractivity contribution in [1.29, 1.82) is 0 Å². The quantitative estimate of drug-likeness (QED) is 0.134. The van der Waals surface area contributed by atoms with Gasteiger partial charge in [0.15, 0.2) is 0 Å². The maximum absolute atomic E-state index is 4.59. The summed E-state index contributed by atoms with van der Waals surface area (Å²) in [5, 5.41) is 7.43. The molecule has 2 heterocycles. The predicted octanol–water partition coefficient (Wildman–Crippen LogP) is 7.67. The Kier molecular flexibility index (Phi) is 13.7. The standard InChI is InChI=1S/2C24H16N.C2H6Si.2ClH.Zr/c2*1-2-6-17(7-3-1)21-14-19-11-12-20(15-22(19)16-21)23-10-4-8-18-9-5-13-25-24(18)23;1-3-2;;;/h2*1-16H;1-2H3;2*1H;/q2*-1;;;;+2/p-2. The summed E-state index contributed by atoms with van der Waals surface area (Å²) in [7, 11) is 0. The number of benzene rings is 6. The van der Waals surface area contributed by atoms with Crippen molar-refractivity contribution in [2.75, 3.05) is 0 Å². The first-order valence-electron chi connectivity index (χ1n) is 18.2. The molecule has 2 aromatic heterocycles. The van der Waals surface area contributed by atoms with Gasteiger partial charge in [-0.1, -0.05) is 145 Å². The Morgan fingerprint density at radius 2 is 0.804 bits per heavy atom. The summed E-state index contributed by atoms with van der Waals surface area (Å²) in [5.74, 6) is 0. The van der Waals surface area contributed by atoms with Gasteiger partial charge in [-0.25, -0.2) is 0 Å². The molecule has 56 heavy (non-hydrogen) atoms. The first-order valence-corrected chi connectivity index (χ1v) is 24.4. The van der Waals surface area contributed by atoms with Crippen LogP contribution >= 0.6 is 0 Å². The fraction of sp³-hybridized carbons (Fsp3) is 0.0400. The van der Waals surface area contributed by atoms with Gasteiger partial charge >= 0.3 is 41.9 Å². The van der Waals surface area contributed by atoms with Crippen LogP contribution in [0.5, 0.6) is 0 Å². The molecule has 0 aliphatic rings. The van der Waals surface area contributed by atoms with E-state index in [1.165, 1.54) is 76.8 Å². The zero-order valence-electron chi connectivity index (χ0n) is 31.1. The van der Waals surface area contributed by atoms with E-state index < -0.39 is 0 Å². The minimum atomic E-state index is 0. The fourth-order valence-corrected chi connectivity index (χ4v) is 7.02. The van der Waals surface area contributed by atoms with Gasteiger partial charge < -0.3 is 24.8 Å². The Hall–Kier alpha value is -4.96. The first kappa shape index (κ1) is 40.7. The van der Waals surface area contributed by atoms with Crippen molar-refractivity contribution < 1.29 is 48.1 Å². The summed E-state index contributed by atoms with van der Waals surface area (Å²) in [6.07, 6.45) is 3.72. The van der Waals surface area contributed by atoms with Crippen molar-refractivity contribution in [3.8, 4) is 44.5 Å². The van der Waals surface area contributed by atoms with E-state index in [4.69, 9.17) is 0 Å². The molecular formula is C50H38Cl2N2SiZr-2. The van der Waals surface area contributed by atoms with Gasteiger partial charge in [0, 0.05) is 34.3 Å². The molecule has 0 bridgehead atoms. The zero-order valence-corrected chi connectivity index (χ0v) is 36.1. The van der Waals surface area contributed by atoms with Crippen molar-refractivity contribution in [2.45, 2.75) is 13.1 Å². The maximum atomic E-state index is 4.59. The molecule has 10 aromatic rings. The molecule has 6 heteroatoms. The van der Waals surface area contributed by atoms with Crippen LogP contribution in [0, 0.1) is 0 Å². The number of hydrogen-bond donors (Lipinski definition) is 0. The molecule has 0 aliphatic heterocycles. The van der Waals surface area contributed by atoms with Gasteiger partial charge in [-0.05, 0) is 23.3 Å². The van der Waals surface area contributed by atoms with Gasteiger partial charge in [0.25, 0.3) is 0 Å². The SMILES string of the molecule is C[Si](C)=[Zr+2].[Cl-].[Cl-].c1ccc(-c2cc3ccc(-c4cccc5cccnc45)cc3[cH-]2)cc1.c1ccc(-c2cc3ccc(-c4cccc5cccnc45)cc3[cH-]2)cc1. The Morgan fingerprint density at radius 3 is 1.21 bits per heavy atom. The second kappa shape index (κ2) is 18.8. The Labute approximate surface area is 356 Å². The summed E-state index contributed by atoms with van der Waals surface area (Å²) in [5.41, 5.74) is 12.2. The van der Waals surface area contributed by atoms with Crippen LogP contribution < -0.4 is 24.8 Å². The van der Waals surface area contributed by atoms with Crippen LogP contribution in [-0.2, 0) is 23.3 Å². The topological polar surface area (TPSA) is 25.8 Å². The maximum Gasteiger partial charge on any atom is 0.0773 e. The third-order valence-corrected chi connectivity index (χ3v) is 9.52. The van der Waals surface area contributed by atoms with Gasteiger partial charge in [-0.15, -0.1) is 69.1 Å². The largest absolute Gasteiger partial charge is 1.00 e. The second-order valence-corrected chi connectivity index (χ2v) is 23.0. The first-order chi connectivity index (χ1) is 26.5. The minimum Gasteiger partial charge on any atom is -1.00 e. The predicted molar refractivity (Wildman–Crippen MR) is 229 cm³/mol. The molecule has 0 spiro atoms. The molecule has 0 fully saturated rings. The summed E-state index contributed by atoms with van der Waals surface area (Å²) in [6, 6.07) is 64.4. The van der Waals surface area contributed by atoms with Crippen molar-refractivity contribution >= 4 is 48.8 Å². The van der Waals surface area contributed by atoms with E-state index >= 15 is 0 Å². The molecule has 8 aromatic carbocycles. The van der Waals surface area contributed by atoms with E-state index in [9.17, 15) is 0 Å². The third-order valence-electron chi connectivity index (χ3n) is 9.52. The fourth-order valence-electron chi connectivity index (χ4n) is 7.02.